The van der Waals surface area contributed by atoms with Crippen LogP contribution in [0.3, 0.4) is 0 Å². The van der Waals surface area contributed by atoms with E-state index in [1.807, 2.05) is 13.0 Å². The summed E-state index contributed by atoms with van der Waals surface area (Å²) in [5.41, 5.74) is 0.959. The van der Waals surface area contributed by atoms with Crippen LogP contribution in [0.4, 0.5) is 0 Å². The van der Waals surface area contributed by atoms with Gasteiger partial charge in [-0.25, -0.2) is 4.99 Å². The monoisotopic (exact) mass is 496 g/mol. The Morgan fingerprint density at radius 3 is 2.81 bits per heavy atom. The molecule has 2 rings (SSSR count). The van der Waals surface area contributed by atoms with E-state index in [1.54, 1.807) is 0 Å². The van der Waals surface area contributed by atoms with Crippen LogP contribution >= 0.6 is 24.0 Å². The van der Waals surface area contributed by atoms with Crippen molar-refractivity contribution in [3.8, 4) is 0 Å². The molecule has 0 bridgehead atoms. The molecule has 0 aliphatic heterocycles. The van der Waals surface area contributed by atoms with Gasteiger partial charge in [-0.05, 0) is 32.1 Å². The predicted molar refractivity (Wildman–Crippen MR) is 119 cm³/mol. The van der Waals surface area contributed by atoms with E-state index in [2.05, 4.69) is 41.6 Å². The number of hydrogen-bond donors (Lipinski definition) is 2. The van der Waals surface area contributed by atoms with Gasteiger partial charge in [0, 0.05) is 40.5 Å². The van der Waals surface area contributed by atoms with Crippen molar-refractivity contribution in [2.45, 2.75) is 77.1 Å². The minimum atomic E-state index is -0.711. The van der Waals surface area contributed by atoms with E-state index in [0.717, 1.165) is 55.4 Å². The van der Waals surface area contributed by atoms with Crippen molar-refractivity contribution in [2.75, 3.05) is 12.3 Å². The van der Waals surface area contributed by atoms with Crippen LogP contribution in [0, 0.1) is 0 Å². The minimum Gasteiger partial charge on any atom is -0.359 e. The maximum atomic E-state index is 12.1. The molecule has 1 fully saturated rings. The third kappa shape index (κ3) is 7.17. The summed E-state index contributed by atoms with van der Waals surface area (Å²) in [6, 6.07) is 2.30. The van der Waals surface area contributed by atoms with Crippen molar-refractivity contribution < 1.29 is 8.73 Å². The zero-order valence-corrected chi connectivity index (χ0v) is 19.4. The number of guanidine groups is 1. The first-order valence-electron chi connectivity index (χ1n) is 9.40. The Morgan fingerprint density at radius 2 is 2.19 bits per heavy atom. The van der Waals surface area contributed by atoms with Crippen LogP contribution in [0.15, 0.2) is 15.6 Å². The largest absolute Gasteiger partial charge is 0.359 e. The smallest absolute Gasteiger partial charge is 0.191 e. The highest BCUT2D eigenvalue weighted by Crippen LogP contribution is 2.23. The lowest BCUT2D eigenvalue weighted by molar-refractivity contribution is 0.375. The molecule has 6 nitrogen and oxygen atoms in total. The predicted octanol–water partition coefficient (Wildman–Crippen LogP) is 3.55. The van der Waals surface area contributed by atoms with E-state index in [4.69, 9.17) is 4.52 Å². The van der Waals surface area contributed by atoms with Crippen LogP contribution in [-0.4, -0.2) is 38.9 Å². The number of rotatable bonds is 7. The summed E-state index contributed by atoms with van der Waals surface area (Å²) >= 11 is 0. The van der Waals surface area contributed by atoms with E-state index in [0.29, 0.717) is 23.8 Å². The van der Waals surface area contributed by atoms with Gasteiger partial charge in [0.15, 0.2) is 11.7 Å². The van der Waals surface area contributed by atoms with Crippen molar-refractivity contribution in [1.82, 2.24) is 15.8 Å². The molecule has 2 N–H and O–H groups in total. The molecule has 8 heteroatoms. The van der Waals surface area contributed by atoms with Gasteiger partial charge in [0.25, 0.3) is 0 Å². The molecule has 0 radical (unpaired) electrons. The van der Waals surface area contributed by atoms with Crippen LogP contribution in [0.1, 0.15) is 70.8 Å². The lowest BCUT2D eigenvalue weighted by Crippen LogP contribution is -2.46. The van der Waals surface area contributed by atoms with E-state index in [9.17, 15) is 4.21 Å². The Bertz CT molecular complexity index is 592. The fraction of sp³-hybridized carbons (Fsp3) is 0.778. The second-order valence-electron chi connectivity index (χ2n) is 6.87. The molecule has 0 spiro atoms. The Labute approximate surface area is 176 Å². The van der Waals surface area contributed by atoms with Crippen LogP contribution < -0.4 is 10.6 Å². The van der Waals surface area contributed by atoms with Crippen molar-refractivity contribution in [1.29, 1.82) is 0 Å². The number of halogens is 1. The molecule has 1 aliphatic rings. The molecule has 1 saturated carbocycles. The molecule has 3 atom stereocenters. The summed E-state index contributed by atoms with van der Waals surface area (Å²) < 4.78 is 17.5. The number of nitrogens with zero attached hydrogens (tertiary/aromatic N) is 2. The molecule has 1 aromatic rings. The van der Waals surface area contributed by atoms with E-state index in [-0.39, 0.29) is 24.0 Å². The molecular formula is C18H33IN4O2S. The standard InChI is InChI=1S/C18H32N4O2S.HI/c1-5-19-18(20-12-15-11-17(13(3)4)22-24-15)21-14-8-7-9-16(10-14)25(23)6-2;/h11,13-14,16H,5-10,12H2,1-4H3,(H2,19,20,21);1H. The summed E-state index contributed by atoms with van der Waals surface area (Å²) in [6.45, 7) is 9.51. The lowest BCUT2D eigenvalue weighted by atomic mass is 9.95. The van der Waals surface area contributed by atoms with Gasteiger partial charge < -0.3 is 15.2 Å². The van der Waals surface area contributed by atoms with E-state index < -0.39 is 10.8 Å². The number of nitrogens with one attached hydrogen (secondary N) is 2. The van der Waals surface area contributed by atoms with Crippen molar-refractivity contribution >= 4 is 40.7 Å². The first-order chi connectivity index (χ1) is 12.0. The van der Waals surface area contributed by atoms with Crippen LogP contribution in [0.5, 0.6) is 0 Å². The molecule has 1 aromatic heterocycles. The summed E-state index contributed by atoms with van der Waals surface area (Å²) in [5.74, 6) is 2.66. The molecular weight excluding hydrogens is 463 g/mol. The highest BCUT2D eigenvalue weighted by molar-refractivity contribution is 14.0. The fourth-order valence-corrected chi connectivity index (χ4v) is 4.44. The average molecular weight is 496 g/mol. The molecule has 26 heavy (non-hydrogen) atoms. The van der Waals surface area contributed by atoms with Crippen LogP contribution in [0.25, 0.3) is 0 Å². The number of hydrogen-bond acceptors (Lipinski definition) is 4. The molecule has 1 heterocycles. The fourth-order valence-electron chi connectivity index (χ4n) is 3.10. The Kier molecular flexibility index (Phi) is 10.7. The van der Waals surface area contributed by atoms with Gasteiger partial charge in [0.05, 0.1) is 5.69 Å². The molecule has 3 unspecified atom stereocenters. The van der Waals surface area contributed by atoms with Crippen molar-refractivity contribution in [3.05, 3.63) is 17.5 Å². The minimum absolute atomic E-state index is 0. The number of aromatic nitrogens is 1. The molecule has 150 valence electrons. The third-order valence-corrected chi connectivity index (χ3v) is 6.27. The zero-order chi connectivity index (χ0) is 18.2. The SMILES string of the molecule is CCNC(=NCc1cc(C(C)C)no1)NC1CCCC(S(=O)CC)C1.I. The van der Waals surface area contributed by atoms with Gasteiger partial charge >= 0.3 is 0 Å². The van der Waals surface area contributed by atoms with Gasteiger partial charge in [-0.1, -0.05) is 32.3 Å². The van der Waals surface area contributed by atoms with Gasteiger partial charge in [-0.15, -0.1) is 24.0 Å². The average Bonchev–Trinajstić information content (AvgIpc) is 3.09. The topological polar surface area (TPSA) is 79.5 Å². The summed E-state index contributed by atoms with van der Waals surface area (Å²) in [7, 11) is -0.711. The molecule has 0 amide bonds. The normalized spacial score (nSPS) is 22.0. The first kappa shape index (κ1) is 23.4. The molecule has 0 saturated heterocycles. The maximum absolute atomic E-state index is 12.1. The van der Waals surface area contributed by atoms with Gasteiger partial charge in [-0.2, -0.15) is 0 Å². The first-order valence-corrected chi connectivity index (χ1v) is 10.8. The van der Waals surface area contributed by atoms with Gasteiger partial charge in [-0.3, -0.25) is 4.21 Å². The maximum Gasteiger partial charge on any atom is 0.191 e. The summed E-state index contributed by atoms with van der Waals surface area (Å²) in [6.07, 6.45) is 4.24. The van der Waals surface area contributed by atoms with Gasteiger partial charge in [0.2, 0.25) is 0 Å². The van der Waals surface area contributed by atoms with E-state index >= 15 is 0 Å². The lowest BCUT2D eigenvalue weighted by Gasteiger charge is -2.30. The van der Waals surface area contributed by atoms with Crippen molar-refractivity contribution in [3.63, 3.8) is 0 Å². The van der Waals surface area contributed by atoms with Crippen LogP contribution in [-0.2, 0) is 17.3 Å². The second kappa shape index (κ2) is 11.9. The summed E-state index contributed by atoms with van der Waals surface area (Å²) in [5, 5.41) is 11.2. The zero-order valence-electron chi connectivity index (χ0n) is 16.3. The highest BCUT2D eigenvalue weighted by Gasteiger charge is 2.26. The second-order valence-corrected chi connectivity index (χ2v) is 8.87. The third-order valence-electron chi connectivity index (χ3n) is 4.53. The molecule has 1 aliphatic carbocycles. The Balaban J connectivity index is 0.00000338. The Hall–Kier alpha value is -0.640. The highest BCUT2D eigenvalue weighted by atomic mass is 127. The number of aliphatic imine (C=N–C) groups is 1. The van der Waals surface area contributed by atoms with Gasteiger partial charge in [0.1, 0.15) is 6.54 Å². The Morgan fingerprint density at radius 1 is 1.42 bits per heavy atom. The van der Waals surface area contributed by atoms with Crippen LogP contribution in [0.2, 0.25) is 0 Å². The quantitative estimate of drug-likeness (QED) is 0.343. The molecule has 0 aromatic carbocycles. The van der Waals surface area contributed by atoms with Crippen molar-refractivity contribution in [2.24, 2.45) is 4.99 Å². The summed E-state index contributed by atoms with van der Waals surface area (Å²) in [4.78, 5) is 4.63. The van der Waals surface area contributed by atoms with E-state index in [1.165, 1.54) is 0 Å².